The van der Waals surface area contributed by atoms with Crippen LogP contribution in [0.3, 0.4) is 0 Å². The first-order valence-electron chi connectivity index (χ1n) is 15.0. The number of unbranched alkanes of at least 4 members (excludes halogenated alkanes) is 3. The number of rotatable bonds is 14. The lowest BCUT2D eigenvalue weighted by molar-refractivity contribution is -0.160. The molecule has 7 nitrogen and oxygen atoms in total. The molecule has 1 aromatic heterocycles. The second-order valence-electron chi connectivity index (χ2n) is 12.4. The minimum absolute atomic E-state index is 0.108. The number of hydrogen-bond acceptors (Lipinski definition) is 6. The highest BCUT2D eigenvalue weighted by atomic mass is 19.1. The molecular formula is C34H40F4N2O5. The van der Waals surface area contributed by atoms with Crippen LogP contribution in [0.15, 0.2) is 47.3 Å². The summed E-state index contributed by atoms with van der Waals surface area (Å²) in [6, 6.07) is 5.96. The molecule has 1 atom stereocenters. The summed E-state index contributed by atoms with van der Waals surface area (Å²) in [5, 5.41) is 0. The third kappa shape index (κ3) is 9.67. The molecule has 1 heterocycles. The molecule has 0 amide bonds. The van der Waals surface area contributed by atoms with Crippen molar-refractivity contribution in [2.24, 2.45) is 11.8 Å². The molecule has 0 saturated carbocycles. The number of benzene rings is 2. The maximum Gasteiger partial charge on any atom is 0.309 e. The predicted octanol–water partition coefficient (Wildman–Crippen LogP) is 7.54. The molecule has 2 N–H and O–H groups in total. The summed E-state index contributed by atoms with van der Waals surface area (Å²) in [4.78, 5) is 38.1. The molecule has 0 bridgehead atoms. The third-order valence-electron chi connectivity index (χ3n) is 6.98. The second-order valence-corrected chi connectivity index (χ2v) is 12.4. The van der Waals surface area contributed by atoms with E-state index >= 15 is 8.78 Å². The van der Waals surface area contributed by atoms with Crippen molar-refractivity contribution in [3.63, 3.8) is 0 Å². The van der Waals surface area contributed by atoms with Crippen molar-refractivity contribution in [3.8, 4) is 11.4 Å². The number of ketones is 1. The van der Waals surface area contributed by atoms with E-state index in [4.69, 9.17) is 15.2 Å². The lowest BCUT2D eigenvalue weighted by Gasteiger charge is -2.25. The van der Waals surface area contributed by atoms with Gasteiger partial charge in [0.2, 0.25) is 0 Å². The predicted molar refractivity (Wildman–Crippen MR) is 164 cm³/mol. The van der Waals surface area contributed by atoms with E-state index in [0.717, 1.165) is 62.1 Å². The minimum atomic E-state index is -1.17. The topological polar surface area (TPSA) is 101 Å². The van der Waals surface area contributed by atoms with E-state index < -0.39 is 62.8 Å². The summed E-state index contributed by atoms with van der Waals surface area (Å²) in [5.41, 5.74) is 2.75. The molecule has 0 radical (unpaired) electrons. The number of halogens is 4. The lowest BCUT2D eigenvalue weighted by Crippen LogP contribution is -2.29. The molecule has 0 aliphatic rings. The van der Waals surface area contributed by atoms with E-state index in [-0.39, 0.29) is 24.2 Å². The highest BCUT2D eigenvalue weighted by molar-refractivity contribution is 6.11. The summed E-state index contributed by atoms with van der Waals surface area (Å²) in [7, 11) is 0. The number of esters is 1. The monoisotopic (exact) mass is 632 g/mol. The summed E-state index contributed by atoms with van der Waals surface area (Å²) < 4.78 is 69.4. The van der Waals surface area contributed by atoms with Crippen LogP contribution in [0.5, 0.6) is 5.75 Å². The Bertz CT molecular complexity index is 1560. The van der Waals surface area contributed by atoms with Crippen LogP contribution in [0.2, 0.25) is 0 Å². The smallest absolute Gasteiger partial charge is 0.309 e. The van der Waals surface area contributed by atoms with Gasteiger partial charge >= 0.3 is 5.97 Å². The molecular weight excluding hydrogens is 592 g/mol. The van der Waals surface area contributed by atoms with Gasteiger partial charge in [0.15, 0.2) is 17.4 Å². The normalized spacial score (nSPS) is 12.3. The van der Waals surface area contributed by atoms with E-state index in [1.165, 1.54) is 0 Å². The first-order valence-corrected chi connectivity index (χ1v) is 15.0. The van der Waals surface area contributed by atoms with Crippen molar-refractivity contribution in [2.75, 3.05) is 12.3 Å². The van der Waals surface area contributed by atoms with Gasteiger partial charge in [-0.05, 0) is 64.2 Å². The Labute approximate surface area is 260 Å². The van der Waals surface area contributed by atoms with Crippen LogP contribution in [0.4, 0.5) is 23.4 Å². The van der Waals surface area contributed by atoms with Crippen LogP contribution in [0, 0.1) is 35.1 Å². The highest BCUT2D eigenvalue weighted by Crippen LogP contribution is 2.28. The second kappa shape index (κ2) is 15.2. The van der Waals surface area contributed by atoms with Crippen molar-refractivity contribution in [3.05, 3.63) is 87.2 Å². The zero-order valence-electron chi connectivity index (χ0n) is 26.2. The first kappa shape index (κ1) is 35.3. The maximum atomic E-state index is 15.2. The Morgan fingerprint density at radius 3 is 2.09 bits per heavy atom. The van der Waals surface area contributed by atoms with Gasteiger partial charge in [0.1, 0.15) is 34.5 Å². The van der Waals surface area contributed by atoms with Gasteiger partial charge in [-0.1, -0.05) is 33.1 Å². The fourth-order valence-corrected chi connectivity index (χ4v) is 4.96. The Morgan fingerprint density at radius 1 is 0.867 bits per heavy atom. The lowest BCUT2D eigenvalue weighted by atomic mass is 9.91. The van der Waals surface area contributed by atoms with Gasteiger partial charge in [-0.2, -0.15) is 0 Å². The fraction of sp³-hybridized carbons (Fsp3) is 0.441. The SMILES string of the molecule is CC(C)C[C@H](CCCCCCOc1cc(F)c(-n2c(N)c(C(=O)c3ccc(F)cc3F)ccc2=O)c(F)c1)C(=O)OC(C)(C)C. The summed E-state index contributed by atoms with van der Waals surface area (Å²) in [6.07, 6.45) is 4.48. The van der Waals surface area contributed by atoms with Crippen molar-refractivity contribution in [2.45, 2.75) is 78.7 Å². The Balaban J connectivity index is 1.63. The average molecular weight is 633 g/mol. The molecule has 3 aromatic rings. The van der Waals surface area contributed by atoms with Gasteiger partial charge < -0.3 is 15.2 Å². The standard InChI is InChI=1S/C34H40F4N2O5/c1-20(2)16-21(33(43)45-34(3,4)5)10-8-6-7-9-15-44-23-18-27(37)30(28(38)19-23)40-29(41)14-13-25(32(40)39)31(42)24-12-11-22(35)17-26(24)36/h11-14,17-21H,6-10,15-16,39H2,1-5H3/t21-/m0/s1. The average Bonchev–Trinajstić information content (AvgIpc) is 2.91. The van der Waals surface area contributed by atoms with Crippen LogP contribution < -0.4 is 16.0 Å². The van der Waals surface area contributed by atoms with Gasteiger partial charge in [0.05, 0.1) is 23.7 Å². The van der Waals surface area contributed by atoms with Crippen LogP contribution >= 0.6 is 0 Å². The molecule has 0 spiro atoms. The Kier molecular flexibility index (Phi) is 12.0. The van der Waals surface area contributed by atoms with Gasteiger partial charge in [0, 0.05) is 24.3 Å². The molecule has 2 aromatic carbocycles. The highest BCUT2D eigenvalue weighted by Gasteiger charge is 2.26. The Hall–Kier alpha value is -4.15. The number of nitrogens with zero attached hydrogens (tertiary/aromatic N) is 1. The summed E-state index contributed by atoms with van der Waals surface area (Å²) >= 11 is 0. The number of anilines is 1. The Morgan fingerprint density at radius 2 is 1.49 bits per heavy atom. The molecule has 0 saturated heterocycles. The molecule has 45 heavy (non-hydrogen) atoms. The van der Waals surface area contributed by atoms with Crippen molar-refractivity contribution < 1.29 is 36.6 Å². The maximum absolute atomic E-state index is 15.2. The zero-order valence-corrected chi connectivity index (χ0v) is 26.2. The number of carbonyl (C=O) groups excluding carboxylic acids is 2. The van der Waals surface area contributed by atoms with Gasteiger partial charge in [0.25, 0.3) is 5.56 Å². The first-order chi connectivity index (χ1) is 21.1. The molecule has 0 unspecified atom stereocenters. The number of carbonyl (C=O) groups is 2. The number of hydrogen-bond donors (Lipinski definition) is 1. The number of ether oxygens (including phenoxy) is 2. The number of aromatic nitrogens is 1. The van der Waals surface area contributed by atoms with Crippen molar-refractivity contribution in [1.29, 1.82) is 0 Å². The van der Waals surface area contributed by atoms with E-state index in [1.807, 2.05) is 20.8 Å². The molecule has 3 rings (SSSR count). The third-order valence-corrected chi connectivity index (χ3v) is 6.98. The van der Waals surface area contributed by atoms with Gasteiger partial charge in [-0.15, -0.1) is 0 Å². The summed E-state index contributed by atoms with van der Waals surface area (Å²) in [6.45, 7) is 9.85. The molecule has 0 aliphatic carbocycles. The van der Waals surface area contributed by atoms with Crippen LogP contribution in [-0.4, -0.2) is 28.5 Å². The van der Waals surface area contributed by atoms with E-state index in [1.54, 1.807) is 0 Å². The van der Waals surface area contributed by atoms with Crippen LogP contribution in [0.1, 0.15) is 89.1 Å². The van der Waals surface area contributed by atoms with E-state index in [0.29, 0.717) is 29.4 Å². The van der Waals surface area contributed by atoms with Gasteiger partial charge in [-0.3, -0.25) is 19.0 Å². The number of pyridine rings is 1. The van der Waals surface area contributed by atoms with E-state index in [2.05, 4.69) is 13.8 Å². The van der Waals surface area contributed by atoms with Crippen molar-refractivity contribution >= 4 is 17.6 Å². The van der Waals surface area contributed by atoms with Gasteiger partial charge in [-0.25, -0.2) is 17.6 Å². The fourth-order valence-electron chi connectivity index (χ4n) is 4.96. The molecule has 0 aliphatic heterocycles. The largest absolute Gasteiger partial charge is 0.493 e. The molecule has 0 fully saturated rings. The molecule has 244 valence electrons. The number of nitrogen functional groups attached to an aromatic ring is 1. The van der Waals surface area contributed by atoms with Crippen LogP contribution in [-0.2, 0) is 9.53 Å². The van der Waals surface area contributed by atoms with E-state index in [9.17, 15) is 23.2 Å². The quantitative estimate of drug-likeness (QED) is 0.0853. The van der Waals surface area contributed by atoms with Crippen molar-refractivity contribution in [1.82, 2.24) is 4.57 Å². The zero-order chi connectivity index (χ0) is 33.5. The summed E-state index contributed by atoms with van der Waals surface area (Å²) in [5.74, 6) is -6.13. The minimum Gasteiger partial charge on any atom is -0.493 e. The number of nitrogens with two attached hydrogens (primary N) is 1. The van der Waals surface area contributed by atoms with Crippen LogP contribution in [0.25, 0.3) is 5.69 Å². The molecule has 11 heteroatoms.